The maximum absolute atomic E-state index is 12.8. The summed E-state index contributed by atoms with van der Waals surface area (Å²) in [6.45, 7) is 4.38. The number of hydrogen-bond acceptors (Lipinski definition) is 9. The third-order valence-corrected chi connectivity index (χ3v) is 8.84. The highest BCUT2D eigenvalue weighted by molar-refractivity contribution is 7.90. The number of benzene rings is 1. The van der Waals surface area contributed by atoms with Crippen molar-refractivity contribution in [3.63, 3.8) is 0 Å². The molecule has 1 saturated heterocycles. The lowest BCUT2D eigenvalue weighted by Gasteiger charge is -2.22. The SMILES string of the molecule is CCNC(=O)Nc1nc2cc(-c3cnc(NS(=O)(=O)N4CCCC4CO)nc3)cc(-c3ccc(C)cn3)c2s1. The first-order chi connectivity index (χ1) is 18.8. The summed E-state index contributed by atoms with van der Waals surface area (Å²) in [5.74, 6) is -0.0640. The molecular formula is C25H28N8O4S2. The van der Waals surface area contributed by atoms with E-state index >= 15 is 0 Å². The predicted octanol–water partition coefficient (Wildman–Crippen LogP) is 3.38. The van der Waals surface area contributed by atoms with Gasteiger partial charge in [0.2, 0.25) is 5.95 Å². The van der Waals surface area contributed by atoms with Gasteiger partial charge in [-0.1, -0.05) is 17.4 Å². The fourth-order valence-corrected chi connectivity index (χ4v) is 6.74. The van der Waals surface area contributed by atoms with Gasteiger partial charge in [0.05, 0.1) is 22.5 Å². The molecule has 3 aromatic heterocycles. The quantitative estimate of drug-likeness (QED) is 0.251. The third-order valence-electron chi connectivity index (χ3n) is 6.28. The number of nitrogens with one attached hydrogen (secondary N) is 3. The normalized spacial score (nSPS) is 15.9. The van der Waals surface area contributed by atoms with Gasteiger partial charge in [-0.3, -0.25) is 10.3 Å². The Morgan fingerprint density at radius 1 is 1.15 bits per heavy atom. The smallest absolute Gasteiger partial charge is 0.321 e. The number of thiazole rings is 1. The van der Waals surface area contributed by atoms with E-state index in [1.807, 2.05) is 38.1 Å². The fourth-order valence-electron chi connectivity index (χ4n) is 4.38. The van der Waals surface area contributed by atoms with E-state index in [4.69, 9.17) is 0 Å². The molecule has 4 aromatic rings. The number of hydrogen-bond donors (Lipinski definition) is 4. The lowest BCUT2D eigenvalue weighted by molar-refractivity contribution is 0.214. The second kappa shape index (κ2) is 11.2. The first kappa shape index (κ1) is 26.9. The van der Waals surface area contributed by atoms with E-state index in [0.717, 1.165) is 27.1 Å². The van der Waals surface area contributed by atoms with Crippen molar-refractivity contribution in [1.29, 1.82) is 0 Å². The lowest BCUT2D eigenvalue weighted by Crippen LogP contribution is -2.41. The summed E-state index contributed by atoms with van der Waals surface area (Å²) in [5.41, 5.74) is 4.67. The zero-order valence-corrected chi connectivity index (χ0v) is 23.0. The highest BCUT2D eigenvalue weighted by Gasteiger charge is 2.34. The molecule has 4 heterocycles. The van der Waals surface area contributed by atoms with Crippen LogP contribution in [0.25, 0.3) is 32.6 Å². The minimum absolute atomic E-state index is 0.0640. The summed E-state index contributed by atoms with van der Waals surface area (Å²) >= 11 is 1.35. The summed E-state index contributed by atoms with van der Waals surface area (Å²) in [7, 11) is -3.90. The molecule has 204 valence electrons. The van der Waals surface area contributed by atoms with Crippen LogP contribution >= 0.6 is 11.3 Å². The number of rotatable bonds is 8. The standard InChI is InChI=1S/C25H28N8O4S2/c1-3-26-24(35)31-25-30-21-10-16(9-19(22(21)38-25)20-7-6-15(2)11-27-20)17-12-28-23(29-13-17)32-39(36,37)33-8-4-5-18(33)14-34/h6-7,9-13,18,34H,3-5,8,14H2,1-2H3,(H,28,29,32)(H2,26,30,31,35). The van der Waals surface area contributed by atoms with Crippen LogP contribution < -0.4 is 15.4 Å². The number of amides is 2. The van der Waals surface area contributed by atoms with Crippen LogP contribution in [-0.4, -0.2) is 69.5 Å². The van der Waals surface area contributed by atoms with Crippen molar-refractivity contribution in [1.82, 2.24) is 29.6 Å². The van der Waals surface area contributed by atoms with E-state index in [0.29, 0.717) is 42.1 Å². The van der Waals surface area contributed by atoms with Gasteiger partial charge in [0.1, 0.15) is 0 Å². The van der Waals surface area contributed by atoms with Crippen molar-refractivity contribution in [2.45, 2.75) is 32.7 Å². The first-order valence-corrected chi connectivity index (χ1v) is 14.7. The average Bonchev–Trinajstić information content (AvgIpc) is 3.56. The van der Waals surface area contributed by atoms with E-state index in [1.54, 1.807) is 6.20 Å². The summed E-state index contributed by atoms with van der Waals surface area (Å²) in [5, 5.41) is 15.4. The topological polar surface area (TPSA) is 162 Å². The molecule has 14 heteroatoms. The van der Waals surface area contributed by atoms with Crippen LogP contribution in [0.1, 0.15) is 25.3 Å². The number of carbonyl (C=O) groups is 1. The highest BCUT2D eigenvalue weighted by Crippen LogP contribution is 2.38. The van der Waals surface area contributed by atoms with E-state index < -0.39 is 16.3 Å². The van der Waals surface area contributed by atoms with Crippen LogP contribution in [0.4, 0.5) is 15.9 Å². The Balaban J connectivity index is 1.48. The Kier molecular flexibility index (Phi) is 7.70. The number of aromatic nitrogens is 4. The van der Waals surface area contributed by atoms with Gasteiger partial charge in [0, 0.05) is 48.8 Å². The van der Waals surface area contributed by atoms with Gasteiger partial charge in [0.15, 0.2) is 5.13 Å². The molecule has 1 aliphatic heterocycles. The molecular weight excluding hydrogens is 540 g/mol. The van der Waals surface area contributed by atoms with Crippen LogP contribution in [-0.2, 0) is 10.2 Å². The van der Waals surface area contributed by atoms with Crippen molar-refractivity contribution in [3.8, 4) is 22.4 Å². The van der Waals surface area contributed by atoms with Crippen molar-refractivity contribution in [2.24, 2.45) is 0 Å². The zero-order chi connectivity index (χ0) is 27.6. The Morgan fingerprint density at radius 3 is 2.64 bits per heavy atom. The number of carbonyl (C=O) groups excluding carboxylic acids is 1. The van der Waals surface area contributed by atoms with E-state index in [9.17, 15) is 18.3 Å². The van der Waals surface area contributed by atoms with Crippen LogP contribution in [0.5, 0.6) is 0 Å². The molecule has 0 bridgehead atoms. The molecule has 12 nitrogen and oxygen atoms in total. The minimum atomic E-state index is -3.90. The largest absolute Gasteiger partial charge is 0.395 e. The molecule has 0 radical (unpaired) electrons. The van der Waals surface area contributed by atoms with E-state index in [1.165, 1.54) is 28.0 Å². The predicted molar refractivity (Wildman–Crippen MR) is 151 cm³/mol. The number of fused-ring (bicyclic) bond motifs is 1. The van der Waals surface area contributed by atoms with E-state index in [2.05, 4.69) is 35.3 Å². The number of pyridine rings is 1. The lowest BCUT2D eigenvalue weighted by atomic mass is 10.0. The highest BCUT2D eigenvalue weighted by atomic mass is 32.2. The molecule has 1 aliphatic rings. The number of urea groups is 1. The second-order valence-corrected chi connectivity index (χ2v) is 11.7. The van der Waals surface area contributed by atoms with Gasteiger partial charge in [-0.25, -0.2) is 24.5 Å². The maximum atomic E-state index is 12.8. The van der Waals surface area contributed by atoms with Crippen LogP contribution in [0.2, 0.25) is 0 Å². The Labute approximate surface area is 229 Å². The average molecular weight is 569 g/mol. The van der Waals surface area contributed by atoms with Gasteiger partial charge < -0.3 is 10.4 Å². The van der Waals surface area contributed by atoms with Crippen LogP contribution in [0.15, 0.2) is 42.9 Å². The molecule has 1 unspecified atom stereocenters. The summed E-state index contributed by atoms with van der Waals surface area (Å²) in [6.07, 6.45) is 6.14. The summed E-state index contributed by atoms with van der Waals surface area (Å²) < 4.78 is 30.1. The van der Waals surface area contributed by atoms with Gasteiger partial charge in [-0.15, -0.1) is 0 Å². The van der Waals surface area contributed by atoms with Gasteiger partial charge in [-0.2, -0.15) is 12.7 Å². The Hall–Kier alpha value is -3.72. The number of aliphatic hydroxyl groups excluding tert-OH is 1. The second-order valence-electron chi connectivity index (χ2n) is 9.09. The van der Waals surface area contributed by atoms with Gasteiger partial charge in [-0.05, 0) is 56.0 Å². The summed E-state index contributed by atoms with van der Waals surface area (Å²) in [4.78, 5) is 29.7. The molecule has 1 aromatic carbocycles. The fraction of sp³-hybridized carbons (Fsp3) is 0.320. The van der Waals surface area contributed by atoms with E-state index in [-0.39, 0.29) is 18.6 Å². The van der Waals surface area contributed by atoms with Crippen molar-refractivity contribution in [2.75, 3.05) is 29.7 Å². The molecule has 5 rings (SSSR count). The molecule has 0 spiro atoms. The summed E-state index contributed by atoms with van der Waals surface area (Å²) in [6, 6.07) is 6.93. The molecule has 0 aliphatic carbocycles. The molecule has 1 atom stereocenters. The van der Waals surface area contributed by atoms with Crippen LogP contribution in [0.3, 0.4) is 0 Å². The number of aryl methyl sites for hydroxylation is 1. The number of nitrogens with zero attached hydrogens (tertiary/aromatic N) is 5. The first-order valence-electron chi connectivity index (χ1n) is 12.4. The van der Waals surface area contributed by atoms with Crippen molar-refractivity contribution in [3.05, 3.63) is 48.4 Å². The Bertz CT molecular complexity index is 1590. The van der Waals surface area contributed by atoms with Crippen molar-refractivity contribution >= 4 is 48.9 Å². The maximum Gasteiger partial charge on any atom is 0.321 e. The minimum Gasteiger partial charge on any atom is -0.395 e. The van der Waals surface area contributed by atoms with Gasteiger partial charge >= 0.3 is 16.2 Å². The number of anilines is 2. The molecule has 1 fully saturated rings. The molecule has 2 amide bonds. The zero-order valence-electron chi connectivity index (χ0n) is 21.4. The monoisotopic (exact) mass is 568 g/mol. The molecule has 39 heavy (non-hydrogen) atoms. The van der Waals surface area contributed by atoms with Gasteiger partial charge in [0.25, 0.3) is 0 Å². The Morgan fingerprint density at radius 2 is 1.95 bits per heavy atom. The third kappa shape index (κ3) is 5.83. The van der Waals surface area contributed by atoms with Crippen LogP contribution in [0, 0.1) is 6.92 Å². The number of aliphatic hydroxyl groups is 1. The molecule has 0 saturated carbocycles. The van der Waals surface area contributed by atoms with Crippen molar-refractivity contribution < 1.29 is 18.3 Å². The molecule has 4 N–H and O–H groups in total.